The molecule has 2 aliphatic rings. The standard InChI is InChI=1S/C37H35ClFN5O3/c38-29-12-14-30(15-13-29)42-35(46)44-23-36(47,26-6-2-1-3-7-26)21-33(44)34(45)43-32-20-28(11-16-31(32)39)37(41,18-17-24-9-10-24)27-8-4-5-25(19-27)22-40/h1-8,11-16,19-20,24,33,47H,9-10,17-18,21,23,41H2,(H,42,46)(H,43,45). The molecule has 5 N–H and O–H groups in total. The van der Waals surface area contributed by atoms with Gasteiger partial charge < -0.3 is 26.4 Å². The third kappa shape index (κ3) is 7.00. The second-order valence-electron chi connectivity index (χ2n) is 12.5. The monoisotopic (exact) mass is 651 g/mol. The Balaban J connectivity index is 1.30. The summed E-state index contributed by atoms with van der Waals surface area (Å²) in [6.07, 6.45) is 3.60. The highest BCUT2D eigenvalue weighted by atomic mass is 35.5. The molecule has 0 radical (unpaired) electrons. The van der Waals surface area contributed by atoms with E-state index in [0.29, 0.717) is 39.7 Å². The highest BCUT2D eigenvalue weighted by Crippen LogP contribution is 2.41. The topological polar surface area (TPSA) is 131 Å². The number of aliphatic hydroxyl groups is 1. The molecule has 3 atom stereocenters. The van der Waals surface area contributed by atoms with Crippen molar-refractivity contribution in [2.24, 2.45) is 11.7 Å². The van der Waals surface area contributed by atoms with Crippen LogP contribution in [-0.2, 0) is 15.9 Å². The van der Waals surface area contributed by atoms with Crippen LogP contribution in [-0.4, -0.2) is 34.5 Å². The van der Waals surface area contributed by atoms with E-state index in [9.17, 15) is 20.0 Å². The average Bonchev–Trinajstić information content (AvgIpc) is 3.85. The summed E-state index contributed by atoms with van der Waals surface area (Å²) in [4.78, 5) is 28.8. The molecule has 1 heterocycles. The molecular weight excluding hydrogens is 617 g/mol. The van der Waals surface area contributed by atoms with E-state index in [4.69, 9.17) is 17.3 Å². The number of carbonyl (C=O) groups is 2. The molecule has 2 fully saturated rings. The van der Waals surface area contributed by atoms with Gasteiger partial charge in [0.1, 0.15) is 17.5 Å². The van der Waals surface area contributed by atoms with Crippen LogP contribution in [0.4, 0.5) is 20.6 Å². The second-order valence-corrected chi connectivity index (χ2v) is 12.9. The van der Waals surface area contributed by atoms with E-state index < -0.39 is 34.9 Å². The predicted molar refractivity (Wildman–Crippen MR) is 179 cm³/mol. The number of β-amino-alcohol motifs (C(OH)–C–C–N with tert-alkyl or cyclic N) is 1. The van der Waals surface area contributed by atoms with Gasteiger partial charge in [-0.05, 0) is 84.0 Å². The summed E-state index contributed by atoms with van der Waals surface area (Å²) in [6.45, 7) is -0.167. The van der Waals surface area contributed by atoms with Crippen LogP contribution in [0.3, 0.4) is 0 Å². The number of hydrogen-bond donors (Lipinski definition) is 4. The van der Waals surface area contributed by atoms with E-state index in [0.717, 1.165) is 24.8 Å². The fourth-order valence-electron chi connectivity index (χ4n) is 6.29. The molecule has 0 spiro atoms. The number of likely N-dealkylation sites (tertiary alicyclic amines) is 1. The Kier molecular flexibility index (Phi) is 9.02. The first kappa shape index (κ1) is 32.2. The van der Waals surface area contributed by atoms with Crippen LogP contribution in [0.25, 0.3) is 0 Å². The zero-order chi connectivity index (χ0) is 33.2. The largest absolute Gasteiger partial charge is 0.383 e. The SMILES string of the molecule is N#Cc1cccc(C(N)(CCC2CC2)c2ccc(F)c(NC(=O)C3CC(O)(c4ccccc4)CN3C(=O)Nc3ccc(Cl)cc3)c2)c1. The van der Waals surface area contributed by atoms with Crippen molar-refractivity contribution in [2.45, 2.75) is 49.3 Å². The smallest absolute Gasteiger partial charge is 0.322 e. The van der Waals surface area contributed by atoms with Gasteiger partial charge >= 0.3 is 6.03 Å². The zero-order valence-electron chi connectivity index (χ0n) is 25.6. The fourth-order valence-corrected chi connectivity index (χ4v) is 6.42. The molecule has 3 amide bonds. The Labute approximate surface area is 278 Å². The minimum atomic E-state index is -1.53. The molecule has 10 heteroatoms. The highest BCUT2D eigenvalue weighted by molar-refractivity contribution is 6.30. The Morgan fingerprint density at radius 1 is 1.00 bits per heavy atom. The number of benzene rings is 4. The van der Waals surface area contributed by atoms with Crippen LogP contribution in [0.15, 0.2) is 97.1 Å². The summed E-state index contributed by atoms with van der Waals surface area (Å²) >= 11 is 6.00. The number of nitriles is 1. The minimum Gasteiger partial charge on any atom is -0.383 e. The van der Waals surface area contributed by atoms with Gasteiger partial charge in [-0.15, -0.1) is 0 Å². The molecule has 0 aromatic heterocycles. The van der Waals surface area contributed by atoms with Crippen molar-refractivity contribution < 1.29 is 19.1 Å². The van der Waals surface area contributed by atoms with Crippen molar-refractivity contribution in [1.29, 1.82) is 5.26 Å². The summed E-state index contributed by atoms with van der Waals surface area (Å²) in [5.41, 5.74) is 7.20. The maximum Gasteiger partial charge on any atom is 0.322 e. The summed E-state index contributed by atoms with van der Waals surface area (Å²) in [5, 5.41) is 27.2. The molecule has 8 nitrogen and oxygen atoms in total. The molecular formula is C37H35ClFN5O3. The van der Waals surface area contributed by atoms with Gasteiger partial charge in [0.25, 0.3) is 0 Å². The molecule has 1 aliphatic heterocycles. The second kappa shape index (κ2) is 13.2. The molecule has 4 aromatic carbocycles. The Morgan fingerprint density at radius 2 is 1.72 bits per heavy atom. The Bertz CT molecular complexity index is 1830. The molecule has 240 valence electrons. The number of carbonyl (C=O) groups excluding carboxylic acids is 2. The molecule has 1 saturated heterocycles. The van der Waals surface area contributed by atoms with Gasteiger partial charge in [0, 0.05) is 17.1 Å². The number of hydrogen-bond acceptors (Lipinski definition) is 5. The van der Waals surface area contributed by atoms with Crippen LogP contribution in [0.1, 0.15) is 54.4 Å². The maximum absolute atomic E-state index is 15.4. The lowest BCUT2D eigenvalue weighted by Gasteiger charge is -2.32. The van der Waals surface area contributed by atoms with Crippen LogP contribution < -0.4 is 16.4 Å². The van der Waals surface area contributed by atoms with Crippen LogP contribution in [0.2, 0.25) is 5.02 Å². The molecule has 47 heavy (non-hydrogen) atoms. The van der Waals surface area contributed by atoms with Crippen molar-refractivity contribution in [3.8, 4) is 6.07 Å². The van der Waals surface area contributed by atoms with Gasteiger partial charge in [-0.25, -0.2) is 9.18 Å². The van der Waals surface area contributed by atoms with Crippen molar-refractivity contribution in [1.82, 2.24) is 4.90 Å². The van der Waals surface area contributed by atoms with E-state index in [1.165, 1.54) is 17.0 Å². The molecule has 1 saturated carbocycles. The molecule has 0 bridgehead atoms. The van der Waals surface area contributed by atoms with Gasteiger partial charge in [-0.2, -0.15) is 5.26 Å². The lowest BCUT2D eigenvalue weighted by atomic mass is 9.79. The summed E-state index contributed by atoms with van der Waals surface area (Å²) < 4.78 is 15.4. The van der Waals surface area contributed by atoms with Gasteiger partial charge in [-0.3, -0.25) is 4.79 Å². The third-order valence-electron chi connectivity index (χ3n) is 9.20. The number of halogens is 2. The van der Waals surface area contributed by atoms with Gasteiger partial charge in [0.05, 0.1) is 29.4 Å². The number of nitrogens with two attached hydrogens (primary N) is 1. The minimum absolute atomic E-state index is 0.0987. The van der Waals surface area contributed by atoms with Crippen molar-refractivity contribution in [3.05, 3.63) is 130 Å². The summed E-state index contributed by atoms with van der Waals surface area (Å²) in [6, 6.07) is 27.2. The van der Waals surface area contributed by atoms with Gasteiger partial charge in [0.2, 0.25) is 5.91 Å². The van der Waals surface area contributed by atoms with Gasteiger partial charge in [-0.1, -0.05) is 73.0 Å². The average molecular weight is 652 g/mol. The van der Waals surface area contributed by atoms with Crippen LogP contribution in [0.5, 0.6) is 0 Å². The first-order chi connectivity index (χ1) is 22.6. The molecule has 4 aromatic rings. The lowest BCUT2D eigenvalue weighted by Crippen LogP contribution is -2.45. The molecule has 6 rings (SSSR count). The summed E-state index contributed by atoms with van der Waals surface area (Å²) in [5.74, 6) is -0.760. The fraction of sp³-hybridized carbons (Fsp3) is 0.270. The predicted octanol–water partition coefficient (Wildman–Crippen LogP) is 6.88. The van der Waals surface area contributed by atoms with Crippen molar-refractivity contribution >= 4 is 34.9 Å². The lowest BCUT2D eigenvalue weighted by molar-refractivity contribution is -0.119. The van der Waals surface area contributed by atoms with Crippen molar-refractivity contribution in [3.63, 3.8) is 0 Å². The molecule has 1 aliphatic carbocycles. The number of urea groups is 1. The maximum atomic E-state index is 15.4. The van der Waals surface area contributed by atoms with E-state index in [-0.39, 0.29) is 18.7 Å². The zero-order valence-corrected chi connectivity index (χ0v) is 26.4. The number of amides is 3. The number of anilines is 2. The number of nitrogens with zero attached hydrogens (tertiary/aromatic N) is 2. The summed E-state index contributed by atoms with van der Waals surface area (Å²) in [7, 11) is 0. The first-order valence-corrected chi connectivity index (χ1v) is 16.0. The number of nitrogens with one attached hydrogen (secondary N) is 2. The third-order valence-corrected chi connectivity index (χ3v) is 9.45. The van der Waals surface area contributed by atoms with Crippen LogP contribution in [0, 0.1) is 23.1 Å². The van der Waals surface area contributed by atoms with E-state index in [1.807, 2.05) is 12.1 Å². The van der Waals surface area contributed by atoms with E-state index >= 15 is 4.39 Å². The normalized spacial score (nSPS) is 20.2. The highest BCUT2D eigenvalue weighted by Gasteiger charge is 2.49. The van der Waals surface area contributed by atoms with Crippen LogP contribution >= 0.6 is 11.6 Å². The first-order valence-electron chi connectivity index (χ1n) is 15.6. The Hall–Kier alpha value is -4.75. The van der Waals surface area contributed by atoms with Gasteiger partial charge in [0.15, 0.2) is 0 Å². The molecule has 3 unspecified atom stereocenters. The van der Waals surface area contributed by atoms with E-state index in [1.54, 1.807) is 72.8 Å². The Morgan fingerprint density at radius 3 is 2.43 bits per heavy atom. The van der Waals surface area contributed by atoms with E-state index in [2.05, 4.69) is 16.7 Å². The quantitative estimate of drug-likeness (QED) is 0.157. The number of rotatable bonds is 9. The van der Waals surface area contributed by atoms with Crippen molar-refractivity contribution in [2.75, 3.05) is 17.2 Å².